The van der Waals surface area contributed by atoms with Crippen molar-refractivity contribution in [3.63, 3.8) is 0 Å². The van der Waals surface area contributed by atoms with Crippen molar-refractivity contribution in [3.05, 3.63) is 48.0 Å². The minimum Gasteiger partial charge on any atom is -0.450 e. The molecule has 3 N–H and O–H groups in total. The first-order valence-corrected chi connectivity index (χ1v) is 7.70. The van der Waals surface area contributed by atoms with Gasteiger partial charge >= 0.3 is 6.09 Å². The first-order chi connectivity index (χ1) is 10.6. The fourth-order valence-electron chi connectivity index (χ4n) is 2.80. The van der Waals surface area contributed by atoms with Crippen molar-refractivity contribution >= 4 is 16.9 Å². The lowest BCUT2D eigenvalue weighted by atomic mass is 9.87. The second-order valence-corrected chi connectivity index (χ2v) is 5.53. The second kappa shape index (κ2) is 7.80. The molecule has 4 nitrogen and oxygen atoms in total. The number of carbonyl (C=O) groups excluding carboxylic acids is 1. The monoisotopic (exact) mass is 301 g/mol. The fourth-order valence-corrected chi connectivity index (χ4v) is 2.80. The van der Waals surface area contributed by atoms with Crippen molar-refractivity contribution in [3.8, 4) is 0 Å². The summed E-state index contributed by atoms with van der Waals surface area (Å²) in [7, 11) is 0. The number of nitrogens with two attached hydrogens (primary N) is 1. The number of aliphatic hydroxyl groups is 1. The third-order valence-corrected chi connectivity index (χ3v) is 3.92. The third kappa shape index (κ3) is 4.21. The molecule has 2 aromatic rings. The van der Waals surface area contributed by atoms with E-state index < -0.39 is 12.2 Å². The van der Waals surface area contributed by atoms with Gasteiger partial charge in [-0.2, -0.15) is 0 Å². The molecule has 0 heterocycles. The van der Waals surface area contributed by atoms with E-state index in [4.69, 9.17) is 10.5 Å². The highest BCUT2D eigenvalue weighted by atomic mass is 16.5. The highest BCUT2D eigenvalue weighted by Crippen LogP contribution is 2.29. The van der Waals surface area contributed by atoms with Gasteiger partial charge in [-0.1, -0.05) is 55.8 Å². The molecule has 0 saturated carbocycles. The maximum Gasteiger partial charge on any atom is 0.404 e. The number of carbonyl (C=O) groups is 1. The van der Waals surface area contributed by atoms with Crippen molar-refractivity contribution in [1.82, 2.24) is 0 Å². The van der Waals surface area contributed by atoms with E-state index in [1.54, 1.807) is 0 Å². The molecule has 0 saturated heterocycles. The number of hydrogen-bond acceptors (Lipinski definition) is 3. The van der Waals surface area contributed by atoms with Crippen LogP contribution in [0.2, 0.25) is 0 Å². The van der Waals surface area contributed by atoms with Gasteiger partial charge in [0.05, 0.1) is 12.7 Å². The van der Waals surface area contributed by atoms with Gasteiger partial charge in [0.15, 0.2) is 0 Å². The first-order valence-electron chi connectivity index (χ1n) is 7.70. The van der Waals surface area contributed by atoms with E-state index in [0.717, 1.165) is 17.4 Å². The van der Waals surface area contributed by atoms with Gasteiger partial charge in [-0.05, 0) is 29.2 Å². The summed E-state index contributed by atoms with van der Waals surface area (Å²) in [5.41, 5.74) is 6.07. The molecule has 2 rings (SSSR count). The maximum atomic E-state index is 10.7. The lowest BCUT2D eigenvalue weighted by Crippen LogP contribution is -2.22. The third-order valence-electron chi connectivity index (χ3n) is 3.92. The van der Waals surface area contributed by atoms with Gasteiger partial charge < -0.3 is 15.6 Å². The van der Waals surface area contributed by atoms with Crippen LogP contribution < -0.4 is 5.73 Å². The predicted octanol–water partition coefficient (Wildman–Crippen LogP) is 3.57. The molecule has 118 valence electrons. The van der Waals surface area contributed by atoms with Crippen molar-refractivity contribution in [2.24, 2.45) is 5.73 Å². The topological polar surface area (TPSA) is 72.6 Å². The Balaban J connectivity index is 2.22. The summed E-state index contributed by atoms with van der Waals surface area (Å²) in [4.78, 5) is 10.7. The summed E-state index contributed by atoms with van der Waals surface area (Å²) >= 11 is 0. The largest absolute Gasteiger partial charge is 0.450 e. The Morgan fingerprint density at radius 2 is 1.91 bits per heavy atom. The molecule has 1 amide bonds. The summed E-state index contributed by atoms with van der Waals surface area (Å²) in [6.07, 6.45) is 0.947. The van der Waals surface area contributed by atoms with E-state index in [9.17, 15) is 9.90 Å². The molecule has 0 aliphatic rings. The molecule has 0 aliphatic carbocycles. The summed E-state index contributed by atoms with van der Waals surface area (Å²) in [5.74, 6) is -0.0658. The van der Waals surface area contributed by atoms with Crippen LogP contribution >= 0.6 is 0 Å². The van der Waals surface area contributed by atoms with Gasteiger partial charge in [-0.15, -0.1) is 0 Å². The quantitative estimate of drug-likeness (QED) is 0.821. The molecule has 0 fully saturated rings. The Morgan fingerprint density at radius 1 is 1.18 bits per heavy atom. The minimum atomic E-state index is -0.776. The Labute approximate surface area is 130 Å². The predicted molar refractivity (Wildman–Crippen MR) is 87.8 cm³/mol. The zero-order valence-corrected chi connectivity index (χ0v) is 12.9. The molecule has 0 aliphatic heterocycles. The standard InChI is InChI=1S/C18H23NO3/c1-2-5-17(20)16(10-11-22-18(19)21)15-9-8-13-6-3-4-7-14(13)12-15/h3-4,6-9,12,16-17,20H,2,5,10-11H2,1H3,(H2,19,21). The fraction of sp³-hybridized carbons (Fsp3) is 0.389. The summed E-state index contributed by atoms with van der Waals surface area (Å²) < 4.78 is 4.84. The zero-order chi connectivity index (χ0) is 15.9. The average molecular weight is 301 g/mol. The van der Waals surface area contributed by atoms with Gasteiger partial charge in [0.25, 0.3) is 0 Å². The second-order valence-electron chi connectivity index (χ2n) is 5.53. The molecular weight excluding hydrogens is 278 g/mol. The van der Waals surface area contributed by atoms with E-state index in [0.29, 0.717) is 12.8 Å². The van der Waals surface area contributed by atoms with E-state index >= 15 is 0 Å². The van der Waals surface area contributed by atoms with Gasteiger partial charge in [-0.3, -0.25) is 0 Å². The van der Waals surface area contributed by atoms with Crippen LogP contribution in [-0.2, 0) is 4.74 Å². The lowest BCUT2D eigenvalue weighted by molar-refractivity contribution is 0.106. The van der Waals surface area contributed by atoms with Gasteiger partial charge in [0.2, 0.25) is 0 Å². The number of ether oxygens (including phenoxy) is 1. The van der Waals surface area contributed by atoms with Crippen molar-refractivity contribution in [2.75, 3.05) is 6.61 Å². The van der Waals surface area contributed by atoms with E-state index in [2.05, 4.69) is 24.3 Å². The molecule has 0 radical (unpaired) electrons. The van der Waals surface area contributed by atoms with Crippen LogP contribution in [0.5, 0.6) is 0 Å². The molecule has 2 aromatic carbocycles. The molecule has 0 spiro atoms. The molecule has 4 heteroatoms. The van der Waals surface area contributed by atoms with E-state index in [1.165, 1.54) is 5.39 Å². The van der Waals surface area contributed by atoms with Crippen LogP contribution in [0.1, 0.15) is 37.7 Å². The number of aliphatic hydroxyl groups excluding tert-OH is 1. The maximum absolute atomic E-state index is 10.7. The number of fused-ring (bicyclic) bond motifs is 1. The van der Waals surface area contributed by atoms with Gasteiger partial charge in [-0.25, -0.2) is 4.79 Å². The number of rotatable bonds is 7. The van der Waals surface area contributed by atoms with Crippen LogP contribution in [0.3, 0.4) is 0 Å². The van der Waals surface area contributed by atoms with Gasteiger partial charge in [0, 0.05) is 5.92 Å². The highest BCUT2D eigenvalue weighted by molar-refractivity contribution is 5.83. The Hall–Kier alpha value is -2.07. The number of primary amides is 1. The number of amides is 1. The molecule has 0 bridgehead atoms. The van der Waals surface area contributed by atoms with E-state index in [1.807, 2.05) is 25.1 Å². The molecule has 22 heavy (non-hydrogen) atoms. The molecule has 2 unspecified atom stereocenters. The van der Waals surface area contributed by atoms with Crippen LogP contribution in [0.15, 0.2) is 42.5 Å². The number of hydrogen-bond donors (Lipinski definition) is 2. The van der Waals surface area contributed by atoms with Crippen molar-refractivity contribution in [1.29, 1.82) is 0 Å². The van der Waals surface area contributed by atoms with Crippen molar-refractivity contribution in [2.45, 2.75) is 38.2 Å². The average Bonchev–Trinajstić information content (AvgIpc) is 2.51. The van der Waals surface area contributed by atoms with Crippen LogP contribution in [-0.4, -0.2) is 23.9 Å². The molecule has 0 aromatic heterocycles. The van der Waals surface area contributed by atoms with Crippen LogP contribution in [0.4, 0.5) is 4.79 Å². The Kier molecular flexibility index (Phi) is 5.78. The Morgan fingerprint density at radius 3 is 2.59 bits per heavy atom. The smallest absolute Gasteiger partial charge is 0.404 e. The minimum absolute atomic E-state index is 0.0658. The van der Waals surface area contributed by atoms with E-state index in [-0.39, 0.29) is 12.5 Å². The summed E-state index contributed by atoms with van der Waals surface area (Å²) in [5, 5.41) is 12.7. The van der Waals surface area contributed by atoms with Crippen LogP contribution in [0.25, 0.3) is 10.8 Å². The molecule has 2 atom stereocenters. The van der Waals surface area contributed by atoms with Gasteiger partial charge in [0.1, 0.15) is 0 Å². The molecular formula is C18H23NO3. The summed E-state index contributed by atoms with van der Waals surface area (Å²) in [6.45, 7) is 2.26. The summed E-state index contributed by atoms with van der Waals surface area (Å²) in [6, 6.07) is 14.3. The zero-order valence-electron chi connectivity index (χ0n) is 12.9. The van der Waals surface area contributed by atoms with Crippen LogP contribution in [0, 0.1) is 0 Å². The highest BCUT2D eigenvalue weighted by Gasteiger charge is 2.21. The van der Waals surface area contributed by atoms with Crippen molar-refractivity contribution < 1.29 is 14.6 Å². The first kappa shape index (κ1) is 16.3. The normalized spacial score (nSPS) is 13.7. The Bertz CT molecular complexity index is 627. The lowest BCUT2D eigenvalue weighted by Gasteiger charge is -2.23. The number of benzene rings is 2. The SMILES string of the molecule is CCCC(O)C(CCOC(N)=O)c1ccc2ccccc2c1.